The van der Waals surface area contributed by atoms with E-state index in [1.807, 2.05) is 0 Å². The highest BCUT2D eigenvalue weighted by molar-refractivity contribution is 5.91. The van der Waals surface area contributed by atoms with Crippen LogP contribution in [0.2, 0.25) is 0 Å². The van der Waals surface area contributed by atoms with Crippen molar-refractivity contribution in [2.45, 2.75) is 96.2 Å². The second kappa shape index (κ2) is 17.4. The number of aromatic carboxylic acids is 1. The number of hydrogen-bond donors (Lipinski definition) is 6. The summed E-state index contributed by atoms with van der Waals surface area (Å²) in [5, 5.41) is 53.2. The molecular formula is C23H38O8. The Morgan fingerprint density at radius 2 is 1.29 bits per heavy atom. The van der Waals surface area contributed by atoms with Crippen molar-refractivity contribution in [3.8, 4) is 11.5 Å². The van der Waals surface area contributed by atoms with Crippen LogP contribution in [-0.2, 0) is 4.79 Å². The van der Waals surface area contributed by atoms with E-state index in [9.17, 15) is 14.7 Å². The molecule has 1 rings (SSSR count). The van der Waals surface area contributed by atoms with Gasteiger partial charge in [0.1, 0.15) is 5.56 Å². The number of rotatable bonds is 15. The monoisotopic (exact) mass is 442 g/mol. The number of carbonyl (C=O) groups is 2. The summed E-state index contributed by atoms with van der Waals surface area (Å²) >= 11 is 0. The van der Waals surface area contributed by atoms with Crippen molar-refractivity contribution in [3.63, 3.8) is 0 Å². The number of carboxylic acid groups (broad SMARTS) is 2. The number of phenolic OH excluding ortho intramolecular Hbond substituents is 1. The first-order valence-corrected chi connectivity index (χ1v) is 11.1. The van der Waals surface area contributed by atoms with Gasteiger partial charge in [-0.05, 0) is 18.6 Å². The molecule has 0 aliphatic heterocycles. The van der Waals surface area contributed by atoms with Gasteiger partial charge < -0.3 is 30.6 Å². The van der Waals surface area contributed by atoms with E-state index in [2.05, 4.69) is 6.92 Å². The summed E-state index contributed by atoms with van der Waals surface area (Å²) in [5.41, 5.74) is -0.301. The highest BCUT2D eigenvalue weighted by Gasteiger charge is 2.22. The molecule has 6 N–H and O–H groups in total. The van der Waals surface area contributed by atoms with Crippen molar-refractivity contribution in [1.82, 2.24) is 0 Å². The van der Waals surface area contributed by atoms with Crippen LogP contribution in [0.1, 0.15) is 94.3 Å². The molecule has 8 heteroatoms. The number of unbranched alkanes of at least 4 members (excludes halogenated alkanes) is 10. The summed E-state index contributed by atoms with van der Waals surface area (Å²) in [5.74, 6) is -3.64. The zero-order chi connectivity index (χ0) is 23.6. The first-order chi connectivity index (χ1) is 14.7. The minimum atomic E-state index is -1.64. The maximum atomic E-state index is 10.4. The Hall–Kier alpha value is -2.32. The fourth-order valence-electron chi connectivity index (χ4n) is 3.04. The lowest BCUT2D eigenvalue weighted by Gasteiger charge is -2.13. The summed E-state index contributed by atoms with van der Waals surface area (Å²) < 4.78 is 0. The largest absolute Gasteiger partial charge is 0.504 e. The molecule has 0 aliphatic carbocycles. The molecule has 0 fully saturated rings. The Labute approximate surface area is 184 Å². The Morgan fingerprint density at radius 3 is 1.71 bits per heavy atom. The molecule has 1 aromatic rings. The van der Waals surface area contributed by atoms with Crippen molar-refractivity contribution < 1.29 is 40.2 Å². The average Bonchev–Trinajstić information content (AvgIpc) is 2.73. The highest BCUT2D eigenvalue weighted by Crippen LogP contribution is 2.27. The highest BCUT2D eigenvalue weighted by atomic mass is 16.4. The summed E-state index contributed by atoms with van der Waals surface area (Å²) in [4.78, 5) is 20.7. The molecule has 8 nitrogen and oxygen atoms in total. The van der Waals surface area contributed by atoms with Crippen molar-refractivity contribution in [3.05, 3.63) is 23.8 Å². The van der Waals surface area contributed by atoms with Crippen molar-refractivity contribution in [2.24, 2.45) is 0 Å². The number of aromatic hydroxyl groups is 2. The van der Waals surface area contributed by atoms with E-state index in [0.717, 1.165) is 19.3 Å². The molecule has 0 heterocycles. The van der Waals surface area contributed by atoms with Gasteiger partial charge in [0.05, 0.1) is 6.10 Å². The van der Waals surface area contributed by atoms with Crippen LogP contribution in [-0.4, -0.2) is 54.8 Å². The van der Waals surface area contributed by atoms with Crippen LogP contribution in [0.3, 0.4) is 0 Å². The average molecular weight is 443 g/mol. The molecule has 2 unspecified atom stereocenters. The van der Waals surface area contributed by atoms with Crippen LogP contribution in [0.4, 0.5) is 0 Å². The normalized spacial score (nSPS) is 12.5. The minimum Gasteiger partial charge on any atom is -0.504 e. The van der Waals surface area contributed by atoms with Crippen molar-refractivity contribution >= 4 is 11.9 Å². The summed E-state index contributed by atoms with van der Waals surface area (Å²) in [7, 11) is 0. The van der Waals surface area contributed by atoms with Gasteiger partial charge >= 0.3 is 11.9 Å². The summed E-state index contributed by atoms with van der Waals surface area (Å²) in [6, 6.07) is 3.76. The molecule has 2 atom stereocenters. The zero-order valence-corrected chi connectivity index (χ0v) is 18.4. The Bertz CT molecular complexity index is 632. The number of aliphatic hydroxyl groups excluding tert-OH is 2. The van der Waals surface area contributed by atoms with Gasteiger partial charge in [0.25, 0.3) is 0 Å². The van der Waals surface area contributed by atoms with Gasteiger partial charge in [-0.1, -0.05) is 83.6 Å². The number of benzene rings is 1. The minimum absolute atomic E-state index is 0.301. The van der Waals surface area contributed by atoms with E-state index in [1.54, 1.807) is 0 Å². The molecule has 178 valence electrons. The van der Waals surface area contributed by atoms with E-state index in [-0.39, 0.29) is 5.56 Å². The number of aliphatic carboxylic acids is 1. The number of hydrogen-bond acceptors (Lipinski definition) is 6. The second-order valence-corrected chi connectivity index (χ2v) is 7.65. The maximum absolute atomic E-state index is 10.4. The number of phenols is 2. The van der Waals surface area contributed by atoms with Gasteiger partial charge in [-0.3, -0.25) is 0 Å². The summed E-state index contributed by atoms with van der Waals surface area (Å²) in [6.45, 7) is 2.23. The van der Waals surface area contributed by atoms with Gasteiger partial charge in [0, 0.05) is 0 Å². The molecule has 0 spiro atoms. The molecular weight excluding hydrogens is 404 g/mol. The molecule has 0 saturated heterocycles. The van der Waals surface area contributed by atoms with Crippen LogP contribution < -0.4 is 0 Å². The van der Waals surface area contributed by atoms with E-state index in [1.165, 1.54) is 69.6 Å². The van der Waals surface area contributed by atoms with Gasteiger partial charge in [0.2, 0.25) is 0 Å². The molecule has 0 bridgehead atoms. The first-order valence-electron chi connectivity index (χ1n) is 11.1. The number of para-hydroxylation sites is 1. The van der Waals surface area contributed by atoms with Crippen molar-refractivity contribution in [2.75, 3.05) is 0 Å². The van der Waals surface area contributed by atoms with E-state index >= 15 is 0 Å². The van der Waals surface area contributed by atoms with Gasteiger partial charge in [-0.15, -0.1) is 0 Å². The van der Waals surface area contributed by atoms with Crippen molar-refractivity contribution in [1.29, 1.82) is 0 Å². The molecule has 0 saturated carbocycles. The zero-order valence-electron chi connectivity index (χ0n) is 18.4. The fraction of sp³-hybridized carbons (Fsp3) is 0.652. The second-order valence-electron chi connectivity index (χ2n) is 7.65. The van der Waals surface area contributed by atoms with Crippen LogP contribution >= 0.6 is 0 Å². The molecule has 31 heavy (non-hydrogen) atoms. The van der Waals surface area contributed by atoms with E-state index in [0.29, 0.717) is 6.42 Å². The van der Waals surface area contributed by atoms with Gasteiger partial charge in [0.15, 0.2) is 17.6 Å². The molecule has 0 aromatic heterocycles. The van der Waals surface area contributed by atoms with Crippen LogP contribution in [0.25, 0.3) is 0 Å². The molecule has 0 amide bonds. The standard InChI is InChI=1S/C16H32O4.C7H6O4/c1-2-3-4-5-6-7-8-9-10-11-12-13-14(17)15(18)16(19)20;8-5-3-1-2-4(6(5)9)7(10)11/h14-15,17-18H,2-13H2,1H3,(H,19,20);1-3,8-9H,(H,10,11). The van der Waals surface area contributed by atoms with Gasteiger partial charge in [-0.25, -0.2) is 9.59 Å². The Kier molecular flexibility index (Phi) is 16.1. The lowest BCUT2D eigenvalue weighted by Crippen LogP contribution is -2.33. The van der Waals surface area contributed by atoms with E-state index < -0.39 is 35.6 Å². The third-order valence-corrected chi connectivity index (χ3v) is 4.97. The number of carboxylic acids is 2. The van der Waals surface area contributed by atoms with Crippen LogP contribution in [0.15, 0.2) is 18.2 Å². The van der Waals surface area contributed by atoms with Crippen LogP contribution in [0, 0.1) is 0 Å². The number of aliphatic hydroxyl groups is 2. The first kappa shape index (κ1) is 28.7. The molecule has 1 aromatic carbocycles. The van der Waals surface area contributed by atoms with E-state index in [4.69, 9.17) is 25.5 Å². The lowest BCUT2D eigenvalue weighted by atomic mass is 10.0. The van der Waals surface area contributed by atoms with Gasteiger partial charge in [-0.2, -0.15) is 0 Å². The third kappa shape index (κ3) is 13.6. The quantitative estimate of drug-likeness (QED) is 0.173. The predicted octanol–water partition coefficient (Wildman–Crippen LogP) is 4.29. The molecule has 0 aliphatic rings. The third-order valence-electron chi connectivity index (χ3n) is 4.97. The topological polar surface area (TPSA) is 156 Å². The summed E-state index contributed by atoms with van der Waals surface area (Å²) in [6.07, 6.45) is 11.0. The van der Waals surface area contributed by atoms with Crippen LogP contribution in [0.5, 0.6) is 11.5 Å². The Balaban J connectivity index is 0.000000683. The Morgan fingerprint density at radius 1 is 0.806 bits per heavy atom. The predicted molar refractivity (Wildman–Crippen MR) is 117 cm³/mol. The SMILES string of the molecule is CCCCCCCCCCCCCC(O)C(O)C(=O)O.O=C(O)c1cccc(O)c1O. The lowest BCUT2D eigenvalue weighted by molar-refractivity contribution is -0.153. The fourth-order valence-corrected chi connectivity index (χ4v) is 3.04. The maximum Gasteiger partial charge on any atom is 0.339 e. The smallest absolute Gasteiger partial charge is 0.339 e. The molecule has 0 radical (unpaired) electrons.